The van der Waals surface area contributed by atoms with Crippen molar-refractivity contribution in [2.45, 2.75) is 32.9 Å². The van der Waals surface area contributed by atoms with Crippen molar-refractivity contribution in [2.75, 3.05) is 5.32 Å². The van der Waals surface area contributed by atoms with Crippen molar-refractivity contribution in [3.63, 3.8) is 0 Å². The molecule has 0 aliphatic heterocycles. The molecule has 1 aromatic rings. The van der Waals surface area contributed by atoms with Crippen LogP contribution in [-0.4, -0.2) is 22.1 Å². The first-order valence-corrected chi connectivity index (χ1v) is 4.41. The van der Waals surface area contributed by atoms with Crippen molar-refractivity contribution < 1.29 is 0 Å². The third kappa shape index (κ3) is 2.99. The number of nitrogens with one attached hydrogen (secondary N) is 1. The Bertz CT molecular complexity index is 272. The number of hydrogen-bond donors (Lipinski definition) is 2. The molecule has 13 heavy (non-hydrogen) atoms. The highest BCUT2D eigenvalue weighted by Gasteiger charge is 2.07. The van der Waals surface area contributed by atoms with Gasteiger partial charge < -0.3 is 11.1 Å². The number of rotatable bonds is 3. The van der Waals surface area contributed by atoms with Crippen molar-refractivity contribution in [3.8, 4) is 0 Å². The predicted molar refractivity (Wildman–Crippen MR) is 53.5 cm³/mol. The SMILES string of the molecule is Cc1ccnc(NC(C)C(C)N)n1. The molecule has 2 atom stereocenters. The van der Waals surface area contributed by atoms with E-state index >= 15 is 0 Å². The predicted octanol–water partition coefficient (Wildman–Crippen LogP) is 0.933. The van der Waals surface area contributed by atoms with Gasteiger partial charge in [0.1, 0.15) is 0 Å². The molecule has 0 saturated carbocycles. The molecule has 0 saturated heterocycles. The molecule has 0 aliphatic carbocycles. The van der Waals surface area contributed by atoms with E-state index in [4.69, 9.17) is 5.73 Å². The molecule has 0 bridgehead atoms. The maximum absolute atomic E-state index is 5.70. The highest BCUT2D eigenvalue weighted by atomic mass is 15.1. The van der Waals surface area contributed by atoms with Gasteiger partial charge in [-0.15, -0.1) is 0 Å². The second-order valence-corrected chi connectivity index (χ2v) is 3.31. The van der Waals surface area contributed by atoms with Gasteiger partial charge in [0.15, 0.2) is 0 Å². The first-order valence-electron chi connectivity index (χ1n) is 4.41. The zero-order chi connectivity index (χ0) is 9.84. The van der Waals surface area contributed by atoms with E-state index in [2.05, 4.69) is 15.3 Å². The largest absolute Gasteiger partial charge is 0.350 e. The fourth-order valence-corrected chi connectivity index (χ4v) is 0.854. The van der Waals surface area contributed by atoms with Crippen LogP contribution in [0.4, 0.5) is 5.95 Å². The van der Waals surface area contributed by atoms with Crippen LogP contribution in [0.25, 0.3) is 0 Å². The van der Waals surface area contributed by atoms with E-state index in [1.54, 1.807) is 6.20 Å². The Labute approximate surface area is 78.6 Å². The maximum Gasteiger partial charge on any atom is 0.223 e. The summed E-state index contributed by atoms with van der Waals surface area (Å²) in [6.45, 7) is 5.90. The molecule has 0 fully saturated rings. The van der Waals surface area contributed by atoms with Gasteiger partial charge in [0, 0.05) is 24.0 Å². The van der Waals surface area contributed by atoms with Crippen LogP contribution in [-0.2, 0) is 0 Å². The lowest BCUT2D eigenvalue weighted by Gasteiger charge is -2.17. The van der Waals surface area contributed by atoms with Crippen LogP contribution >= 0.6 is 0 Å². The Morgan fingerprint density at radius 1 is 1.46 bits per heavy atom. The van der Waals surface area contributed by atoms with E-state index in [0.29, 0.717) is 5.95 Å². The lowest BCUT2D eigenvalue weighted by Crippen LogP contribution is -2.35. The zero-order valence-corrected chi connectivity index (χ0v) is 8.28. The summed E-state index contributed by atoms with van der Waals surface area (Å²) in [6.07, 6.45) is 1.73. The molecule has 0 aromatic carbocycles. The summed E-state index contributed by atoms with van der Waals surface area (Å²) in [7, 11) is 0. The van der Waals surface area contributed by atoms with E-state index in [1.807, 2.05) is 26.8 Å². The molecular formula is C9H16N4. The van der Waals surface area contributed by atoms with Crippen LogP contribution < -0.4 is 11.1 Å². The number of anilines is 1. The molecule has 4 heteroatoms. The molecule has 0 radical (unpaired) electrons. The first kappa shape index (κ1) is 9.92. The molecule has 0 spiro atoms. The molecule has 1 aromatic heterocycles. The first-order chi connectivity index (χ1) is 6.09. The van der Waals surface area contributed by atoms with Crippen molar-refractivity contribution in [1.29, 1.82) is 0 Å². The van der Waals surface area contributed by atoms with Crippen molar-refractivity contribution in [2.24, 2.45) is 5.73 Å². The number of nitrogens with zero attached hydrogens (tertiary/aromatic N) is 2. The lowest BCUT2D eigenvalue weighted by molar-refractivity contribution is 0.633. The second kappa shape index (κ2) is 4.18. The highest BCUT2D eigenvalue weighted by Crippen LogP contribution is 2.02. The van der Waals surface area contributed by atoms with Crippen molar-refractivity contribution in [3.05, 3.63) is 18.0 Å². The molecule has 3 N–H and O–H groups in total. The Morgan fingerprint density at radius 2 is 2.15 bits per heavy atom. The standard InChI is InChI=1S/C9H16N4/c1-6-4-5-11-9(12-6)13-8(3)7(2)10/h4-5,7-8H,10H2,1-3H3,(H,11,12,13). The third-order valence-electron chi connectivity index (χ3n) is 1.94. The fraction of sp³-hybridized carbons (Fsp3) is 0.556. The zero-order valence-electron chi connectivity index (χ0n) is 8.28. The quantitative estimate of drug-likeness (QED) is 0.726. The number of aromatic nitrogens is 2. The van der Waals surface area contributed by atoms with E-state index in [1.165, 1.54) is 0 Å². The highest BCUT2D eigenvalue weighted by molar-refractivity contribution is 5.26. The minimum absolute atomic E-state index is 0.0871. The topological polar surface area (TPSA) is 63.8 Å². The molecule has 1 heterocycles. The second-order valence-electron chi connectivity index (χ2n) is 3.31. The van der Waals surface area contributed by atoms with E-state index in [-0.39, 0.29) is 12.1 Å². The lowest BCUT2D eigenvalue weighted by atomic mass is 10.2. The van der Waals surface area contributed by atoms with Crippen LogP contribution in [0.2, 0.25) is 0 Å². The van der Waals surface area contributed by atoms with Gasteiger partial charge in [-0.05, 0) is 26.8 Å². The van der Waals surface area contributed by atoms with Gasteiger partial charge in [0.2, 0.25) is 5.95 Å². The molecule has 0 aliphatic rings. The minimum Gasteiger partial charge on any atom is -0.350 e. The molecule has 2 unspecified atom stereocenters. The van der Waals surface area contributed by atoms with E-state index in [9.17, 15) is 0 Å². The van der Waals surface area contributed by atoms with Crippen LogP contribution in [0.15, 0.2) is 12.3 Å². The Hall–Kier alpha value is -1.16. The van der Waals surface area contributed by atoms with Gasteiger partial charge in [0.25, 0.3) is 0 Å². The fourth-order valence-electron chi connectivity index (χ4n) is 0.854. The van der Waals surface area contributed by atoms with E-state index in [0.717, 1.165) is 5.69 Å². The smallest absolute Gasteiger partial charge is 0.223 e. The minimum atomic E-state index is 0.0871. The van der Waals surface area contributed by atoms with Crippen LogP contribution in [0, 0.1) is 6.92 Å². The van der Waals surface area contributed by atoms with E-state index < -0.39 is 0 Å². The van der Waals surface area contributed by atoms with Gasteiger partial charge in [-0.3, -0.25) is 0 Å². The monoisotopic (exact) mass is 180 g/mol. The van der Waals surface area contributed by atoms with Gasteiger partial charge in [-0.1, -0.05) is 0 Å². The summed E-state index contributed by atoms with van der Waals surface area (Å²) in [6, 6.07) is 2.13. The Balaban J connectivity index is 2.64. The number of hydrogen-bond acceptors (Lipinski definition) is 4. The van der Waals surface area contributed by atoms with Gasteiger partial charge >= 0.3 is 0 Å². The van der Waals surface area contributed by atoms with Crippen LogP contribution in [0.1, 0.15) is 19.5 Å². The Kier molecular flexibility index (Phi) is 3.19. The summed E-state index contributed by atoms with van der Waals surface area (Å²) < 4.78 is 0. The molecule has 4 nitrogen and oxygen atoms in total. The number of aryl methyl sites for hydroxylation is 1. The summed E-state index contributed by atoms with van der Waals surface area (Å²) in [5.74, 6) is 0.643. The van der Waals surface area contributed by atoms with Crippen molar-refractivity contribution >= 4 is 5.95 Å². The molecule has 72 valence electrons. The summed E-state index contributed by atoms with van der Waals surface area (Å²) in [5, 5.41) is 3.13. The Morgan fingerprint density at radius 3 is 2.69 bits per heavy atom. The third-order valence-corrected chi connectivity index (χ3v) is 1.94. The molecule has 0 amide bonds. The van der Waals surface area contributed by atoms with Crippen LogP contribution in [0.5, 0.6) is 0 Å². The molecule has 1 rings (SSSR count). The average Bonchev–Trinajstić information content (AvgIpc) is 2.04. The maximum atomic E-state index is 5.70. The van der Waals surface area contributed by atoms with Crippen molar-refractivity contribution in [1.82, 2.24) is 9.97 Å². The summed E-state index contributed by atoms with van der Waals surface area (Å²) in [5.41, 5.74) is 6.66. The summed E-state index contributed by atoms with van der Waals surface area (Å²) >= 11 is 0. The van der Waals surface area contributed by atoms with Gasteiger partial charge in [-0.2, -0.15) is 0 Å². The normalized spacial score (nSPS) is 15.1. The summed E-state index contributed by atoms with van der Waals surface area (Å²) in [4.78, 5) is 8.30. The molecular weight excluding hydrogens is 164 g/mol. The van der Waals surface area contributed by atoms with Gasteiger partial charge in [0.05, 0.1) is 0 Å². The average molecular weight is 180 g/mol. The van der Waals surface area contributed by atoms with Crippen LogP contribution in [0.3, 0.4) is 0 Å². The number of nitrogens with two attached hydrogens (primary N) is 1. The van der Waals surface area contributed by atoms with Gasteiger partial charge in [-0.25, -0.2) is 9.97 Å².